The van der Waals surface area contributed by atoms with E-state index in [-0.39, 0.29) is 0 Å². The number of fused-ring (bicyclic) bond motifs is 1. The Morgan fingerprint density at radius 3 is 2.89 bits per heavy atom. The van der Waals surface area contributed by atoms with Crippen molar-refractivity contribution < 1.29 is 5.11 Å². The minimum absolute atomic E-state index is 0.310. The van der Waals surface area contributed by atoms with Crippen LogP contribution in [-0.2, 0) is 0 Å². The molecule has 0 aromatic carbocycles. The Kier molecular flexibility index (Phi) is 3.18. The van der Waals surface area contributed by atoms with Crippen LogP contribution in [0, 0.1) is 12.8 Å². The number of aliphatic hydroxyl groups is 1. The molecule has 3 heterocycles. The fraction of sp³-hybridized carbons (Fsp3) is 0.538. The van der Waals surface area contributed by atoms with Gasteiger partial charge in [-0.3, -0.25) is 0 Å². The first-order valence-corrected chi connectivity index (χ1v) is 7.16. The molecule has 3 rings (SSSR count). The molecule has 0 saturated carbocycles. The molecular formula is C13H17N3OS. The first-order chi connectivity index (χ1) is 8.78. The zero-order valence-electron chi connectivity index (χ0n) is 10.5. The number of aromatic nitrogens is 2. The lowest BCUT2D eigenvalue weighted by Crippen LogP contribution is -2.35. The van der Waals surface area contributed by atoms with Gasteiger partial charge in [0.05, 0.1) is 5.39 Å². The predicted octanol–water partition coefficient (Wildman–Crippen LogP) is 2.21. The van der Waals surface area contributed by atoms with Crippen LogP contribution in [0.3, 0.4) is 0 Å². The lowest BCUT2D eigenvalue weighted by atomic mass is 9.98. The van der Waals surface area contributed by atoms with Crippen LogP contribution in [0.25, 0.3) is 10.2 Å². The number of piperidine rings is 1. The summed E-state index contributed by atoms with van der Waals surface area (Å²) in [6, 6.07) is 2.17. The van der Waals surface area contributed by atoms with E-state index in [1.807, 2.05) is 0 Å². The van der Waals surface area contributed by atoms with Crippen LogP contribution in [0.5, 0.6) is 0 Å². The van der Waals surface area contributed by atoms with E-state index in [2.05, 4.69) is 27.9 Å². The van der Waals surface area contributed by atoms with Gasteiger partial charge < -0.3 is 10.0 Å². The molecule has 2 aromatic rings. The van der Waals surface area contributed by atoms with E-state index in [1.165, 1.54) is 10.3 Å². The van der Waals surface area contributed by atoms with Crippen molar-refractivity contribution in [1.29, 1.82) is 0 Å². The maximum atomic E-state index is 9.18. The molecule has 96 valence electrons. The molecule has 1 aliphatic rings. The van der Waals surface area contributed by atoms with E-state index in [0.717, 1.165) is 36.6 Å². The van der Waals surface area contributed by atoms with Crippen molar-refractivity contribution in [3.8, 4) is 0 Å². The number of nitrogens with zero attached hydrogens (tertiary/aromatic N) is 3. The second-order valence-corrected chi connectivity index (χ2v) is 6.12. The van der Waals surface area contributed by atoms with Crippen LogP contribution in [0.2, 0.25) is 0 Å². The highest BCUT2D eigenvalue weighted by molar-refractivity contribution is 7.18. The molecule has 2 aromatic heterocycles. The zero-order chi connectivity index (χ0) is 12.5. The number of anilines is 1. The van der Waals surface area contributed by atoms with Crippen LogP contribution in [0.15, 0.2) is 12.4 Å². The number of hydrogen-bond acceptors (Lipinski definition) is 5. The Hall–Kier alpha value is -1.20. The van der Waals surface area contributed by atoms with Crippen molar-refractivity contribution in [3.05, 3.63) is 17.3 Å². The third-order valence-electron chi connectivity index (χ3n) is 3.60. The summed E-state index contributed by atoms with van der Waals surface area (Å²) in [7, 11) is 0. The average molecular weight is 263 g/mol. The largest absolute Gasteiger partial charge is 0.396 e. The van der Waals surface area contributed by atoms with E-state index >= 15 is 0 Å². The maximum absolute atomic E-state index is 9.18. The number of thiophene rings is 1. The highest BCUT2D eigenvalue weighted by Gasteiger charge is 2.21. The lowest BCUT2D eigenvalue weighted by molar-refractivity contribution is 0.203. The molecule has 5 heteroatoms. The third kappa shape index (κ3) is 2.08. The molecule has 1 saturated heterocycles. The molecule has 0 radical (unpaired) electrons. The van der Waals surface area contributed by atoms with Gasteiger partial charge in [-0.2, -0.15) is 0 Å². The fourth-order valence-electron chi connectivity index (χ4n) is 2.54. The quantitative estimate of drug-likeness (QED) is 0.902. The standard InChI is InChI=1S/C13H17N3OS/c1-9-6-11-12(14-8-15-13(11)18-9)16-4-2-10(7-17)3-5-16/h6,8,10,17H,2-5,7H2,1H3. The third-order valence-corrected chi connectivity index (χ3v) is 4.56. The zero-order valence-corrected chi connectivity index (χ0v) is 11.3. The van der Waals surface area contributed by atoms with Crippen LogP contribution in [0.4, 0.5) is 5.82 Å². The number of rotatable bonds is 2. The molecule has 0 aliphatic carbocycles. The molecule has 0 atom stereocenters. The van der Waals surface area contributed by atoms with Crippen molar-refractivity contribution in [1.82, 2.24) is 9.97 Å². The second-order valence-electron chi connectivity index (χ2n) is 4.89. The predicted molar refractivity (Wildman–Crippen MR) is 74.2 cm³/mol. The number of aryl methyl sites for hydroxylation is 1. The van der Waals surface area contributed by atoms with Gasteiger partial charge in [-0.25, -0.2) is 9.97 Å². The van der Waals surface area contributed by atoms with Gasteiger partial charge >= 0.3 is 0 Å². The molecule has 0 spiro atoms. The highest BCUT2D eigenvalue weighted by Crippen LogP contribution is 2.31. The van der Waals surface area contributed by atoms with Crippen LogP contribution >= 0.6 is 11.3 Å². The Morgan fingerprint density at radius 1 is 1.39 bits per heavy atom. The van der Waals surface area contributed by atoms with Gasteiger partial charge in [0.2, 0.25) is 0 Å². The number of aliphatic hydroxyl groups excluding tert-OH is 1. The van der Waals surface area contributed by atoms with Gasteiger partial charge in [0.1, 0.15) is 17.0 Å². The SMILES string of the molecule is Cc1cc2c(N3CCC(CO)CC3)ncnc2s1. The summed E-state index contributed by atoms with van der Waals surface area (Å²) in [6.45, 7) is 4.37. The average Bonchev–Trinajstić information content (AvgIpc) is 2.79. The fourth-order valence-corrected chi connectivity index (χ4v) is 3.38. The summed E-state index contributed by atoms with van der Waals surface area (Å²) < 4.78 is 0. The smallest absolute Gasteiger partial charge is 0.140 e. The summed E-state index contributed by atoms with van der Waals surface area (Å²) in [6.07, 6.45) is 3.75. The van der Waals surface area contributed by atoms with Crippen molar-refractivity contribution >= 4 is 27.4 Å². The van der Waals surface area contributed by atoms with Crippen molar-refractivity contribution in [2.45, 2.75) is 19.8 Å². The Balaban J connectivity index is 1.90. The highest BCUT2D eigenvalue weighted by atomic mass is 32.1. The molecule has 1 aliphatic heterocycles. The maximum Gasteiger partial charge on any atom is 0.140 e. The molecule has 0 amide bonds. The van der Waals surface area contributed by atoms with Crippen molar-refractivity contribution in [2.75, 3.05) is 24.6 Å². The van der Waals surface area contributed by atoms with Gasteiger partial charge in [-0.1, -0.05) is 0 Å². The normalized spacial score (nSPS) is 17.6. The Bertz CT molecular complexity index is 546. The van der Waals surface area contributed by atoms with Crippen molar-refractivity contribution in [3.63, 3.8) is 0 Å². The van der Waals surface area contributed by atoms with E-state index in [4.69, 9.17) is 0 Å². The van der Waals surface area contributed by atoms with Gasteiger partial charge in [0.25, 0.3) is 0 Å². The number of hydrogen-bond donors (Lipinski definition) is 1. The Labute approximate surface area is 110 Å². The minimum Gasteiger partial charge on any atom is -0.396 e. The first kappa shape index (κ1) is 11.9. The monoisotopic (exact) mass is 263 g/mol. The first-order valence-electron chi connectivity index (χ1n) is 6.35. The molecule has 0 unspecified atom stereocenters. The second kappa shape index (κ2) is 4.82. The summed E-state index contributed by atoms with van der Waals surface area (Å²) >= 11 is 1.72. The molecule has 4 nitrogen and oxygen atoms in total. The van der Waals surface area contributed by atoms with E-state index in [0.29, 0.717) is 12.5 Å². The van der Waals surface area contributed by atoms with E-state index < -0.39 is 0 Å². The van der Waals surface area contributed by atoms with Crippen molar-refractivity contribution in [2.24, 2.45) is 5.92 Å². The molecule has 0 bridgehead atoms. The van der Waals surface area contributed by atoms with E-state index in [9.17, 15) is 5.11 Å². The van der Waals surface area contributed by atoms with Gasteiger partial charge in [-0.15, -0.1) is 11.3 Å². The topological polar surface area (TPSA) is 49.2 Å². The molecule has 1 fully saturated rings. The van der Waals surface area contributed by atoms with Crippen LogP contribution < -0.4 is 4.90 Å². The van der Waals surface area contributed by atoms with Crippen LogP contribution in [0.1, 0.15) is 17.7 Å². The lowest BCUT2D eigenvalue weighted by Gasteiger charge is -2.32. The summed E-state index contributed by atoms with van der Waals surface area (Å²) in [5, 5.41) is 10.3. The van der Waals surface area contributed by atoms with Gasteiger partial charge in [-0.05, 0) is 31.7 Å². The molecule has 18 heavy (non-hydrogen) atoms. The van der Waals surface area contributed by atoms with E-state index in [1.54, 1.807) is 17.7 Å². The summed E-state index contributed by atoms with van der Waals surface area (Å²) in [4.78, 5) is 13.5. The van der Waals surface area contributed by atoms with Crippen LogP contribution in [-0.4, -0.2) is 34.8 Å². The molecule has 1 N–H and O–H groups in total. The van der Waals surface area contributed by atoms with Gasteiger partial charge in [0.15, 0.2) is 0 Å². The molecular weight excluding hydrogens is 246 g/mol. The Morgan fingerprint density at radius 2 is 2.17 bits per heavy atom. The summed E-state index contributed by atoms with van der Waals surface area (Å²) in [5.74, 6) is 1.52. The minimum atomic E-state index is 0.310. The summed E-state index contributed by atoms with van der Waals surface area (Å²) in [5.41, 5.74) is 0. The van der Waals surface area contributed by atoms with Gasteiger partial charge in [0, 0.05) is 24.6 Å².